The molecule has 1 N–H and O–H groups in total. The summed E-state index contributed by atoms with van der Waals surface area (Å²) in [6.45, 7) is 2.65. The molecule has 6 heteroatoms. The van der Waals surface area contributed by atoms with Gasteiger partial charge in [0.2, 0.25) is 0 Å². The van der Waals surface area contributed by atoms with Crippen LogP contribution in [0.25, 0.3) is 0 Å². The zero-order chi connectivity index (χ0) is 17.2. The van der Waals surface area contributed by atoms with Crippen LogP contribution in [0.4, 0.5) is 5.82 Å². The maximum absolute atomic E-state index is 12.7. The van der Waals surface area contributed by atoms with E-state index in [0.717, 1.165) is 30.3 Å². The molecule has 0 bridgehead atoms. The third kappa shape index (κ3) is 3.34. The van der Waals surface area contributed by atoms with E-state index in [1.165, 1.54) is 25.7 Å². The minimum atomic E-state index is -0.0292. The lowest BCUT2D eigenvalue weighted by Gasteiger charge is -2.40. The number of anilines is 1. The number of aryl methyl sites for hydroxylation is 1. The number of nitrogens with one attached hydrogen (secondary N) is 1. The summed E-state index contributed by atoms with van der Waals surface area (Å²) in [4.78, 5) is 27.8. The monoisotopic (exact) mass is 337 g/mol. The molecule has 3 heterocycles. The lowest BCUT2D eigenvalue weighted by molar-refractivity contribution is 0.0444. The van der Waals surface area contributed by atoms with E-state index in [9.17, 15) is 4.79 Å². The Bertz CT molecular complexity index is 758. The molecule has 1 amide bonds. The van der Waals surface area contributed by atoms with Gasteiger partial charge >= 0.3 is 0 Å². The fourth-order valence-electron chi connectivity index (χ4n) is 3.69. The highest BCUT2D eigenvalue weighted by molar-refractivity contribution is 5.93. The zero-order valence-electron chi connectivity index (χ0n) is 14.5. The maximum Gasteiger partial charge on any atom is 0.273 e. The van der Waals surface area contributed by atoms with Gasteiger partial charge in [0, 0.05) is 24.8 Å². The van der Waals surface area contributed by atoms with Crippen LogP contribution in [0.1, 0.15) is 60.2 Å². The molecule has 1 aliphatic carbocycles. The predicted octanol–water partition coefficient (Wildman–Crippen LogP) is 3.12. The molecule has 0 spiro atoms. The van der Waals surface area contributed by atoms with Crippen molar-refractivity contribution in [3.05, 3.63) is 47.7 Å². The molecule has 130 valence electrons. The van der Waals surface area contributed by atoms with Crippen LogP contribution < -0.4 is 5.32 Å². The van der Waals surface area contributed by atoms with E-state index in [1.807, 2.05) is 30.0 Å². The van der Waals surface area contributed by atoms with E-state index in [-0.39, 0.29) is 11.9 Å². The molecular formula is C19H23N5O. The number of aromatic nitrogens is 3. The van der Waals surface area contributed by atoms with E-state index in [2.05, 4.69) is 20.3 Å². The van der Waals surface area contributed by atoms with Crippen molar-refractivity contribution >= 4 is 11.7 Å². The predicted molar refractivity (Wildman–Crippen MR) is 95.3 cm³/mol. The smallest absolute Gasteiger partial charge is 0.273 e. The normalized spacial score (nSPS) is 20.4. The van der Waals surface area contributed by atoms with Crippen LogP contribution in [-0.4, -0.2) is 38.3 Å². The van der Waals surface area contributed by atoms with Crippen LogP contribution in [0.2, 0.25) is 0 Å². The van der Waals surface area contributed by atoms with Gasteiger partial charge < -0.3 is 10.2 Å². The second-order valence-corrected chi connectivity index (χ2v) is 6.87. The number of hydrogen-bond acceptors (Lipinski definition) is 5. The molecule has 25 heavy (non-hydrogen) atoms. The van der Waals surface area contributed by atoms with Crippen molar-refractivity contribution in [2.24, 2.45) is 0 Å². The first-order valence-corrected chi connectivity index (χ1v) is 9.05. The van der Waals surface area contributed by atoms with Crippen LogP contribution in [-0.2, 0) is 0 Å². The first-order valence-electron chi connectivity index (χ1n) is 9.05. The number of rotatable bonds is 4. The molecule has 1 atom stereocenters. The van der Waals surface area contributed by atoms with Gasteiger partial charge in [0.1, 0.15) is 17.3 Å². The molecule has 1 aliphatic heterocycles. The largest absolute Gasteiger partial charge is 0.367 e. The molecule has 1 saturated carbocycles. The number of amides is 1. The van der Waals surface area contributed by atoms with Gasteiger partial charge in [-0.25, -0.2) is 9.97 Å². The molecule has 2 aromatic heterocycles. The maximum atomic E-state index is 12.7. The minimum Gasteiger partial charge on any atom is -0.367 e. The van der Waals surface area contributed by atoms with E-state index in [4.69, 9.17) is 0 Å². The van der Waals surface area contributed by atoms with Gasteiger partial charge in [-0.1, -0.05) is 18.9 Å². The Morgan fingerprint density at radius 2 is 2.04 bits per heavy atom. The molecule has 0 radical (unpaired) electrons. The van der Waals surface area contributed by atoms with E-state index in [1.54, 1.807) is 12.3 Å². The van der Waals surface area contributed by atoms with Gasteiger partial charge in [-0.15, -0.1) is 0 Å². The highest BCUT2D eigenvalue weighted by Gasteiger charge is 2.35. The van der Waals surface area contributed by atoms with Crippen molar-refractivity contribution in [3.8, 4) is 0 Å². The average Bonchev–Trinajstić information content (AvgIpc) is 3.07. The Morgan fingerprint density at radius 3 is 2.72 bits per heavy atom. The third-order valence-electron chi connectivity index (χ3n) is 5.07. The molecule has 6 nitrogen and oxygen atoms in total. The lowest BCUT2D eigenvalue weighted by atomic mass is 9.98. The second kappa shape index (κ2) is 6.78. The summed E-state index contributed by atoms with van der Waals surface area (Å²) in [7, 11) is 0. The Labute approximate surface area is 147 Å². The first kappa shape index (κ1) is 16.0. The molecule has 1 saturated heterocycles. The van der Waals surface area contributed by atoms with E-state index in [0.29, 0.717) is 11.7 Å². The standard InChI is InChI=1S/C19H23N5O/c1-13-21-16(12-18(22-13)23-14-6-2-3-7-14)17-9-11-24(17)19(25)15-8-4-5-10-20-15/h4-5,8,10,12,14,17H,2-3,6-7,9,11H2,1H3,(H,21,22,23)/t17-/m0/s1. The summed E-state index contributed by atoms with van der Waals surface area (Å²) < 4.78 is 0. The highest BCUT2D eigenvalue weighted by atomic mass is 16.2. The summed E-state index contributed by atoms with van der Waals surface area (Å²) in [6, 6.07) is 7.95. The number of carbonyl (C=O) groups excluding carboxylic acids is 1. The van der Waals surface area contributed by atoms with Crippen molar-refractivity contribution < 1.29 is 4.79 Å². The van der Waals surface area contributed by atoms with Gasteiger partial charge in [-0.3, -0.25) is 9.78 Å². The minimum absolute atomic E-state index is 0.0142. The number of pyridine rings is 1. The number of likely N-dealkylation sites (tertiary alicyclic amines) is 1. The lowest BCUT2D eigenvalue weighted by Crippen LogP contribution is -2.45. The zero-order valence-corrected chi connectivity index (χ0v) is 14.5. The second-order valence-electron chi connectivity index (χ2n) is 6.87. The van der Waals surface area contributed by atoms with Gasteiger partial charge in [0.05, 0.1) is 11.7 Å². The van der Waals surface area contributed by atoms with Crippen molar-refractivity contribution in [3.63, 3.8) is 0 Å². The molecule has 2 aromatic rings. The van der Waals surface area contributed by atoms with Crippen LogP contribution in [0.5, 0.6) is 0 Å². The summed E-state index contributed by atoms with van der Waals surface area (Å²) in [5.41, 5.74) is 1.41. The summed E-state index contributed by atoms with van der Waals surface area (Å²) in [5, 5.41) is 3.53. The van der Waals surface area contributed by atoms with Crippen LogP contribution >= 0.6 is 0 Å². The summed E-state index contributed by atoms with van der Waals surface area (Å²) in [6.07, 6.45) is 7.55. The number of carbonyl (C=O) groups is 1. The SMILES string of the molecule is Cc1nc(NC2CCCC2)cc([C@@H]2CCN2C(=O)c2ccccn2)n1. The van der Waals surface area contributed by atoms with E-state index >= 15 is 0 Å². The first-order chi connectivity index (χ1) is 12.2. The van der Waals surface area contributed by atoms with Gasteiger partial charge in [-0.05, 0) is 38.3 Å². The van der Waals surface area contributed by atoms with Crippen LogP contribution in [0, 0.1) is 6.92 Å². The summed E-state index contributed by atoms with van der Waals surface area (Å²) in [5.74, 6) is 1.60. The van der Waals surface area contributed by atoms with Crippen LogP contribution in [0.15, 0.2) is 30.5 Å². The van der Waals surface area contributed by atoms with Gasteiger partial charge in [0.15, 0.2) is 0 Å². The number of hydrogen-bond donors (Lipinski definition) is 1. The Morgan fingerprint density at radius 1 is 1.20 bits per heavy atom. The van der Waals surface area contributed by atoms with Crippen LogP contribution in [0.3, 0.4) is 0 Å². The summed E-state index contributed by atoms with van der Waals surface area (Å²) >= 11 is 0. The Kier molecular flexibility index (Phi) is 4.34. The van der Waals surface area contributed by atoms with Crippen molar-refractivity contribution in [1.29, 1.82) is 0 Å². The van der Waals surface area contributed by atoms with Crippen molar-refractivity contribution in [2.45, 2.75) is 51.1 Å². The number of nitrogens with zero attached hydrogens (tertiary/aromatic N) is 4. The third-order valence-corrected chi connectivity index (χ3v) is 5.07. The average molecular weight is 337 g/mol. The Hall–Kier alpha value is -2.50. The fraction of sp³-hybridized carbons (Fsp3) is 0.474. The van der Waals surface area contributed by atoms with Gasteiger partial charge in [-0.2, -0.15) is 0 Å². The quantitative estimate of drug-likeness (QED) is 0.928. The molecular weight excluding hydrogens is 314 g/mol. The molecule has 0 unspecified atom stereocenters. The molecule has 2 fully saturated rings. The molecule has 2 aliphatic rings. The van der Waals surface area contributed by atoms with Crippen molar-refractivity contribution in [2.75, 3.05) is 11.9 Å². The van der Waals surface area contributed by atoms with Gasteiger partial charge in [0.25, 0.3) is 5.91 Å². The fourth-order valence-corrected chi connectivity index (χ4v) is 3.69. The molecule has 0 aromatic carbocycles. The van der Waals surface area contributed by atoms with E-state index < -0.39 is 0 Å². The Balaban J connectivity index is 1.52. The molecule has 4 rings (SSSR count). The topological polar surface area (TPSA) is 71.0 Å². The van der Waals surface area contributed by atoms with Crippen molar-refractivity contribution in [1.82, 2.24) is 19.9 Å². The highest BCUT2D eigenvalue weighted by Crippen LogP contribution is 2.34.